The first kappa shape index (κ1) is 13.7. The van der Waals surface area contributed by atoms with Gasteiger partial charge in [0.05, 0.1) is 0 Å². The minimum Gasteiger partial charge on any atom is -0.370 e. The van der Waals surface area contributed by atoms with Crippen LogP contribution in [0.3, 0.4) is 0 Å². The summed E-state index contributed by atoms with van der Waals surface area (Å²) in [6.07, 6.45) is -4.67. The Labute approximate surface area is 98.5 Å². The van der Waals surface area contributed by atoms with Crippen LogP contribution in [0.25, 0.3) is 0 Å². The molecule has 0 aliphatic carbocycles. The van der Waals surface area contributed by atoms with Gasteiger partial charge < -0.3 is 5.32 Å². The van der Waals surface area contributed by atoms with E-state index in [1.807, 2.05) is 13.8 Å². The number of aryl methyl sites for hydroxylation is 1. The Bertz CT molecular complexity index is 388. The fourth-order valence-electron chi connectivity index (χ4n) is 1.65. The van der Waals surface area contributed by atoms with Crippen molar-refractivity contribution in [3.05, 3.63) is 17.1 Å². The molecule has 0 bridgehead atoms. The molecule has 17 heavy (non-hydrogen) atoms. The van der Waals surface area contributed by atoms with Gasteiger partial charge in [-0.3, -0.25) is 0 Å². The van der Waals surface area contributed by atoms with E-state index in [4.69, 9.17) is 0 Å². The highest BCUT2D eigenvalue weighted by Crippen LogP contribution is 2.22. The summed E-state index contributed by atoms with van der Waals surface area (Å²) in [6.45, 7) is 6.13. The summed E-state index contributed by atoms with van der Waals surface area (Å²) in [4.78, 5) is 7.84. The lowest BCUT2D eigenvalue weighted by molar-refractivity contribution is -0.128. The Balaban J connectivity index is 3.10. The summed E-state index contributed by atoms with van der Waals surface area (Å²) in [5.74, 6) is 0.338. The van der Waals surface area contributed by atoms with Gasteiger partial charge in [-0.2, -0.15) is 13.2 Å². The fourth-order valence-corrected chi connectivity index (χ4v) is 1.65. The summed E-state index contributed by atoms with van der Waals surface area (Å²) in [5, 5.41) is 2.98. The van der Waals surface area contributed by atoms with Crippen molar-refractivity contribution in [2.24, 2.45) is 0 Å². The quantitative estimate of drug-likeness (QED) is 0.889. The molecule has 1 aromatic rings. The van der Waals surface area contributed by atoms with Crippen molar-refractivity contribution in [2.75, 3.05) is 11.9 Å². The maximum Gasteiger partial charge on any atom is 0.396 e. The summed E-state index contributed by atoms with van der Waals surface area (Å²) in [5.41, 5.74) is 1.48. The van der Waals surface area contributed by atoms with E-state index >= 15 is 0 Å². The van der Waals surface area contributed by atoms with Gasteiger partial charge in [0, 0.05) is 17.8 Å². The molecular weight excluding hydrogens is 231 g/mol. The molecule has 6 heteroatoms. The second-order valence-corrected chi connectivity index (χ2v) is 3.73. The molecule has 0 amide bonds. The molecule has 0 radical (unpaired) electrons. The molecule has 0 atom stereocenters. The van der Waals surface area contributed by atoms with Crippen molar-refractivity contribution in [3.63, 3.8) is 0 Å². The second kappa shape index (κ2) is 5.33. The van der Waals surface area contributed by atoms with Gasteiger partial charge >= 0.3 is 6.18 Å². The van der Waals surface area contributed by atoms with Crippen LogP contribution in [0.5, 0.6) is 0 Å². The monoisotopic (exact) mass is 247 g/mol. The average molecular weight is 247 g/mol. The number of alkyl halides is 3. The Kier molecular flexibility index (Phi) is 4.31. The molecule has 0 unspecified atom stereocenters. The maximum absolute atomic E-state index is 12.3. The molecule has 0 aliphatic rings. The molecule has 1 aromatic heterocycles. The van der Waals surface area contributed by atoms with Gasteiger partial charge in [0.2, 0.25) is 0 Å². The van der Waals surface area contributed by atoms with Gasteiger partial charge in [0.25, 0.3) is 0 Å². The van der Waals surface area contributed by atoms with Crippen LogP contribution in [0.15, 0.2) is 0 Å². The Hall–Kier alpha value is -1.33. The number of hydrogen-bond acceptors (Lipinski definition) is 3. The molecule has 3 nitrogen and oxygen atoms in total. The first-order chi connectivity index (χ1) is 7.87. The molecule has 1 heterocycles. The van der Waals surface area contributed by atoms with Crippen molar-refractivity contribution in [3.8, 4) is 0 Å². The van der Waals surface area contributed by atoms with Crippen LogP contribution in [0.1, 0.15) is 30.9 Å². The lowest BCUT2D eigenvalue weighted by atomic mass is 10.1. The topological polar surface area (TPSA) is 37.8 Å². The van der Waals surface area contributed by atoms with Crippen molar-refractivity contribution in [1.29, 1.82) is 0 Å². The number of nitrogens with zero attached hydrogens (tertiary/aromatic N) is 2. The van der Waals surface area contributed by atoms with E-state index in [9.17, 15) is 13.2 Å². The molecule has 0 spiro atoms. The number of aromatic nitrogens is 2. The van der Waals surface area contributed by atoms with E-state index in [2.05, 4.69) is 15.3 Å². The van der Waals surface area contributed by atoms with Crippen LogP contribution < -0.4 is 5.32 Å². The largest absolute Gasteiger partial charge is 0.396 e. The smallest absolute Gasteiger partial charge is 0.370 e. The third-order valence-corrected chi connectivity index (χ3v) is 2.32. The van der Waals surface area contributed by atoms with E-state index in [0.717, 1.165) is 5.56 Å². The predicted octanol–water partition coefficient (Wildman–Crippen LogP) is 2.88. The van der Waals surface area contributed by atoms with Crippen LogP contribution in [-0.4, -0.2) is 22.7 Å². The van der Waals surface area contributed by atoms with Crippen LogP contribution in [-0.2, 0) is 12.8 Å². The lowest BCUT2D eigenvalue weighted by Gasteiger charge is -2.13. The van der Waals surface area contributed by atoms with Crippen LogP contribution in [0.4, 0.5) is 19.0 Å². The molecule has 0 aliphatic heterocycles. The number of hydrogen-bond donors (Lipinski definition) is 1. The standard InChI is InChI=1S/C11H16F3N3/c1-4-8-7(3)16-9(6-11(12,13)14)17-10(8)15-5-2/h4-6H2,1-3H3,(H,15,16,17). The van der Waals surface area contributed by atoms with E-state index in [-0.39, 0.29) is 5.82 Å². The molecule has 1 rings (SSSR count). The SMILES string of the molecule is CCNc1nc(CC(F)(F)F)nc(C)c1CC. The Morgan fingerprint density at radius 3 is 2.29 bits per heavy atom. The third kappa shape index (κ3) is 3.87. The zero-order valence-electron chi connectivity index (χ0n) is 10.1. The van der Waals surface area contributed by atoms with E-state index in [1.165, 1.54) is 0 Å². The van der Waals surface area contributed by atoms with E-state index in [1.54, 1.807) is 6.92 Å². The summed E-state index contributed by atoms with van der Waals surface area (Å²) < 4.78 is 36.8. The van der Waals surface area contributed by atoms with Crippen molar-refractivity contribution >= 4 is 5.82 Å². The normalized spacial score (nSPS) is 11.6. The Morgan fingerprint density at radius 2 is 1.82 bits per heavy atom. The maximum atomic E-state index is 12.3. The highest BCUT2D eigenvalue weighted by atomic mass is 19.4. The van der Waals surface area contributed by atoms with Crippen LogP contribution in [0, 0.1) is 6.92 Å². The zero-order valence-corrected chi connectivity index (χ0v) is 10.1. The predicted molar refractivity (Wildman–Crippen MR) is 60.1 cm³/mol. The highest BCUT2D eigenvalue weighted by molar-refractivity contribution is 5.46. The van der Waals surface area contributed by atoms with Gasteiger partial charge in [0.15, 0.2) is 0 Å². The van der Waals surface area contributed by atoms with Gasteiger partial charge in [0.1, 0.15) is 18.1 Å². The third-order valence-electron chi connectivity index (χ3n) is 2.32. The van der Waals surface area contributed by atoms with E-state index < -0.39 is 12.6 Å². The number of nitrogens with one attached hydrogen (secondary N) is 1. The first-order valence-electron chi connectivity index (χ1n) is 5.54. The van der Waals surface area contributed by atoms with Crippen LogP contribution in [0.2, 0.25) is 0 Å². The van der Waals surface area contributed by atoms with E-state index in [0.29, 0.717) is 24.5 Å². The van der Waals surface area contributed by atoms with Crippen molar-refractivity contribution in [2.45, 2.75) is 39.8 Å². The first-order valence-corrected chi connectivity index (χ1v) is 5.54. The summed E-state index contributed by atoms with van der Waals surface area (Å²) in [7, 11) is 0. The number of rotatable bonds is 4. The summed E-state index contributed by atoms with van der Waals surface area (Å²) >= 11 is 0. The molecule has 0 saturated carbocycles. The minimum absolute atomic E-state index is 0.178. The molecule has 96 valence electrons. The average Bonchev–Trinajstić information content (AvgIpc) is 2.15. The minimum atomic E-state index is -4.27. The highest BCUT2D eigenvalue weighted by Gasteiger charge is 2.30. The number of anilines is 1. The fraction of sp³-hybridized carbons (Fsp3) is 0.636. The molecule has 0 fully saturated rings. The second-order valence-electron chi connectivity index (χ2n) is 3.73. The lowest BCUT2D eigenvalue weighted by Crippen LogP contribution is -2.17. The molecule has 1 N–H and O–H groups in total. The summed E-state index contributed by atoms with van der Waals surface area (Å²) in [6, 6.07) is 0. The number of halogens is 3. The molecular formula is C11H16F3N3. The molecule has 0 aromatic carbocycles. The van der Waals surface area contributed by atoms with Crippen LogP contribution >= 0.6 is 0 Å². The van der Waals surface area contributed by atoms with Gasteiger partial charge in [-0.05, 0) is 20.3 Å². The van der Waals surface area contributed by atoms with Gasteiger partial charge in [-0.1, -0.05) is 6.92 Å². The van der Waals surface area contributed by atoms with Crippen molar-refractivity contribution < 1.29 is 13.2 Å². The zero-order chi connectivity index (χ0) is 13.1. The Morgan fingerprint density at radius 1 is 1.18 bits per heavy atom. The van der Waals surface area contributed by atoms with Gasteiger partial charge in [-0.25, -0.2) is 9.97 Å². The van der Waals surface area contributed by atoms with Gasteiger partial charge in [-0.15, -0.1) is 0 Å². The molecule has 0 saturated heterocycles. The van der Waals surface area contributed by atoms with Crippen molar-refractivity contribution in [1.82, 2.24) is 9.97 Å².